The summed E-state index contributed by atoms with van der Waals surface area (Å²) in [4.78, 5) is 8.92. The van der Waals surface area contributed by atoms with Crippen molar-refractivity contribution in [1.82, 2.24) is 9.97 Å². The average Bonchev–Trinajstić information content (AvgIpc) is 2.57. The zero-order valence-electron chi connectivity index (χ0n) is 13.4. The van der Waals surface area contributed by atoms with Crippen LogP contribution in [0, 0.1) is 6.92 Å². The fourth-order valence-corrected chi connectivity index (χ4v) is 2.36. The second kappa shape index (κ2) is 7.19. The summed E-state index contributed by atoms with van der Waals surface area (Å²) in [6, 6.07) is 16.9. The minimum Gasteiger partial charge on any atom is -0.495 e. The van der Waals surface area contributed by atoms with Crippen molar-refractivity contribution in [2.75, 3.05) is 17.7 Å². The molecule has 0 aliphatic heterocycles. The van der Waals surface area contributed by atoms with Gasteiger partial charge < -0.3 is 15.4 Å². The van der Waals surface area contributed by atoms with E-state index >= 15 is 0 Å². The molecule has 1 heterocycles. The highest BCUT2D eigenvalue weighted by atomic mass is 35.5. The van der Waals surface area contributed by atoms with Crippen LogP contribution in [0.25, 0.3) is 0 Å². The fourth-order valence-electron chi connectivity index (χ4n) is 2.24. The number of aryl methyl sites for hydroxylation is 1. The second-order valence-corrected chi connectivity index (χ2v) is 5.61. The van der Waals surface area contributed by atoms with Gasteiger partial charge in [-0.3, -0.25) is 0 Å². The van der Waals surface area contributed by atoms with E-state index in [2.05, 4.69) is 20.6 Å². The van der Waals surface area contributed by atoms with Crippen LogP contribution in [0.2, 0.25) is 5.02 Å². The highest BCUT2D eigenvalue weighted by Crippen LogP contribution is 2.26. The summed E-state index contributed by atoms with van der Waals surface area (Å²) in [5, 5.41) is 7.13. The van der Waals surface area contributed by atoms with Crippen LogP contribution >= 0.6 is 11.6 Å². The van der Waals surface area contributed by atoms with E-state index in [1.54, 1.807) is 7.11 Å². The minimum atomic E-state index is 0.496. The van der Waals surface area contributed by atoms with Gasteiger partial charge in [-0.05, 0) is 43.3 Å². The number of rotatable bonds is 5. The topological polar surface area (TPSA) is 59.1 Å². The highest BCUT2D eigenvalue weighted by molar-refractivity contribution is 6.30. The molecule has 0 saturated carbocycles. The number of methoxy groups -OCH3 is 1. The first-order valence-corrected chi connectivity index (χ1v) is 7.80. The van der Waals surface area contributed by atoms with Crippen LogP contribution in [0.5, 0.6) is 5.75 Å². The van der Waals surface area contributed by atoms with Crippen LogP contribution in [0.4, 0.5) is 23.1 Å². The molecule has 24 heavy (non-hydrogen) atoms. The molecule has 0 aliphatic rings. The van der Waals surface area contributed by atoms with Gasteiger partial charge in [0.05, 0.1) is 12.8 Å². The molecule has 122 valence electrons. The summed E-state index contributed by atoms with van der Waals surface area (Å²) in [5.74, 6) is 1.92. The standard InChI is InChI=1S/C18H17ClN4O/c1-12-11-17(21-14-9-7-13(19)8-10-14)23-18(20-12)22-15-5-3-4-6-16(15)24-2/h3-11H,1-2H3,(H2,20,21,22,23). The highest BCUT2D eigenvalue weighted by Gasteiger charge is 2.07. The normalized spacial score (nSPS) is 10.3. The van der Waals surface area contributed by atoms with Crippen molar-refractivity contribution in [2.24, 2.45) is 0 Å². The van der Waals surface area contributed by atoms with Gasteiger partial charge in [-0.1, -0.05) is 23.7 Å². The first-order valence-electron chi connectivity index (χ1n) is 7.42. The van der Waals surface area contributed by atoms with Crippen molar-refractivity contribution >= 4 is 34.7 Å². The summed E-state index contributed by atoms with van der Waals surface area (Å²) in [7, 11) is 1.63. The van der Waals surface area contributed by atoms with Crippen molar-refractivity contribution < 1.29 is 4.74 Å². The molecule has 2 aromatic carbocycles. The van der Waals surface area contributed by atoms with Crippen molar-refractivity contribution in [1.29, 1.82) is 0 Å². The monoisotopic (exact) mass is 340 g/mol. The minimum absolute atomic E-state index is 0.496. The van der Waals surface area contributed by atoms with Gasteiger partial charge in [-0.25, -0.2) is 4.98 Å². The largest absolute Gasteiger partial charge is 0.495 e. The Bertz CT molecular complexity index is 837. The van der Waals surface area contributed by atoms with Crippen LogP contribution in [-0.4, -0.2) is 17.1 Å². The number of benzene rings is 2. The first kappa shape index (κ1) is 16.1. The van der Waals surface area contributed by atoms with Crippen LogP contribution in [0.1, 0.15) is 5.69 Å². The Kier molecular flexibility index (Phi) is 4.82. The Hall–Kier alpha value is -2.79. The van der Waals surface area contributed by atoms with Gasteiger partial charge in [0, 0.05) is 22.5 Å². The molecule has 6 heteroatoms. The van der Waals surface area contributed by atoms with Crippen molar-refractivity contribution in [2.45, 2.75) is 6.92 Å². The maximum atomic E-state index is 5.91. The molecule has 2 N–H and O–H groups in total. The number of halogens is 1. The Morgan fingerprint density at radius 3 is 2.46 bits per heavy atom. The van der Waals surface area contributed by atoms with Gasteiger partial charge in [-0.15, -0.1) is 0 Å². The molecular formula is C18H17ClN4O. The van der Waals surface area contributed by atoms with Crippen molar-refractivity contribution in [3.8, 4) is 5.75 Å². The second-order valence-electron chi connectivity index (χ2n) is 5.18. The summed E-state index contributed by atoms with van der Waals surface area (Å²) in [6.07, 6.45) is 0. The molecule has 1 aromatic heterocycles. The van der Waals surface area contributed by atoms with E-state index in [0.29, 0.717) is 16.8 Å². The van der Waals surface area contributed by atoms with Crippen molar-refractivity contribution in [3.63, 3.8) is 0 Å². The van der Waals surface area contributed by atoms with E-state index < -0.39 is 0 Å². The summed E-state index contributed by atoms with van der Waals surface area (Å²) < 4.78 is 5.34. The number of anilines is 4. The number of hydrogen-bond acceptors (Lipinski definition) is 5. The van der Waals surface area contributed by atoms with Gasteiger partial charge in [0.2, 0.25) is 5.95 Å². The lowest BCUT2D eigenvalue weighted by molar-refractivity contribution is 0.417. The number of nitrogens with zero attached hydrogens (tertiary/aromatic N) is 2. The molecule has 0 atom stereocenters. The predicted molar refractivity (Wildman–Crippen MR) is 97.8 cm³/mol. The Morgan fingerprint density at radius 1 is 0.958 bits per heavy atom. The lowest BCUT2D eigenvalue weighted by Crippen LogP contribution is -2.03. The third kappa shape index (κ3) is 3.94. The average molecular weight is 341 g/mol. The summed E-state index contributed by atoms with van der Waals surface area (Å²) >= 11 is 5.91. The molecule has 0 aliphatic carbocycles. The molecule has 0 fully saturated rings. The number of aromatic nitrogens is 2. The maximum absolute atomic E-state index is 5.91. The third-order valence-electron chi connectivity index (χ3n) is 3.32. The molecule has 0 bridgehead atoms. The molecule has 0 spiro atoms. The molecule has 0 saturated heterocycles. The molecule has 0 amide bonds. The third-order valence-corrected chi connectivity index (χ3v) is 3.58. The Labute approximate surface area is 145 Å². The Morgan fingerprint density at radius 2 is 1.71 bits per heavy atom. The maximum Gasteiger partial charge on any atom is 0.229 e. The van der Waals surface area contributed by atoms with E-state index in [9.17, 15) is 0 Å². The van der Waals surface area contributed by atoms with Crippen LogP contribution in [-0.2, 0) is 0 Å². The van der Waals surface area contributed by atoms with E-state index in [4.69, 9.17) is 16.3 Å². The lowest BCUT2D eigenvalue weighted by atomic mass is 10.3. The fraction of sp³-hybridized carbons (Fsp3) is 0.111. The summed E-state index contributed by atoms with van der Waals surface area (Å²) in [6.45, 7) is 1.92. The number of ether oxygens (including phenoxy) is 1. The molecule has 3 rings (SSSR count). The van der Waals surface area contributed by atoms with Gasteiger partial charge >= 0.3 is 0 Å². The quantitative estimate of drug-likeness (QED) is 0.689. The number of hydrogen-bond donors (Lipinski definition) is 2. The molecular weight excluding hydrogens is 324 g/mol. The molecule has 0 radical (unpaired) electrons. The van der Waals surface area contributed by atoms with E-state index in [1.807, 2.05) is 61.5 Å². The van der Waals surface area contributed by atoms with E-state index in [-0.39, 0.29) is 0 Å². The molecule has 5 nitrogen and oxygen atoms in total. The number of para-hydroxylation sites is 2. The van der Waals surface area contributed by atoms with E-state index in [1.165, 1.54) is 0 Å². The van der Waals surface area contributed by atoms with Gasteiger partial charge in [0.15, 0.2) is 0 Å². The number of nitrogens with one attached hydrogen (secondary N) is 2. The zero-order valence-corrected chi connectivity index (χ0v) is 14.1. The molecule has 0 unspecified atom stereocenters. The van der Waals surface area contributed by atoms with Gasteiger partial charge in [-0.2, -0.15) is 4.98 Å². The smallest absolute Gasteiger partial charge is 0.229 e. The van der Waals surface area contributed by atoms with E-state index in [0.717, 1.165) is 22.8 Å². The SMILES string of the molecule is COc1ccccc1Nc1nc(C)cc(Nc2ccc(Cl)cc2)n1. The Balaban J connectivity index is 1.84. The summed E-state index contributed by atoms with van der Waals surface area (Å²) in [5.41, 5.74) is 2.56. The van der Waals surface area contributed by atoms with Gasteiger partial charge in [0.1, 0.15) is 11.6 Å². The first-order chi connectivity index (χ1) is 11.6. The van der Waals surface area contributed by atoms with Crippen molar-refractivity contribution in [3.05, 3.63) is 65.3 Å². The van der Waals surface area contributed by atoms with Crippen LogP contribution in [0.15, 0.2) is 54.6 Å². The lowest BCUT2D eigenvalue weighted by Gasteiger charge is -2.12. The zero-order chi connectivity index (χ0) is 16.9. The van der Waals surface area contributed by atoms with Crippen LogP contribution < -0.4 is 15.4 Å². The van der Waals surface area contributed by atoms with Gasteiger partial charge in [0.25, 0.3) is 0 Å². The van der Waals surface area contributed by atoms with Crippen LogP contribution in [0.3, 0.4) is 0 Å². The predicted octanol–water partition coefficient (Wildman–Crippen LogP) is 4.93. The molecule has 3 aromatic rings.